The van der Waals surface area contributed by atoms with E-state index < -0.39 is 0 Å². The van der Waals surface area contributed by atoms with Crippen molar-refractivity contribution in [3.63, 3.8) is 0 Å². The minimum atomic E-state index is 0. The first-order valence-corrected chi connectivity index (χ1v) is 6.41. The predicted molar refractivity (Wildman–Crippen MR) is 79.2 cm³/mol. The molecule has 1 aliphatic rings. The van der Waals surface area contributed by atoms with E-state index in [2.05, 4.69) is 4.90 Å². The lowest BCUT2D eigenvalue weighted by atomic mass is 10.2. The predicted octanol–water partition coefficient (Wildman–Crippen LogP) is 1.10. The first-order chi connectivity index (χ1) is 8.65. The van der Waals surface area contributed by atoms with Crippen molar-refractivity contribution in [3.05, 3.63) is 35.9 Å². The van der Waals surface area contributed by atoms with Gasteiger partial charge in [0, 0.05) is 32.7 Å². The largest absolute Gasteiger partial charge is 0.340 e. The monoisotopic (exact) mass is 283 g/mol. The van der Waals surface area contributed by atoms with E-state index in [4.69, 9.17) is 5.73 Å². The van der Waals surface area contributed by atoms with Gasteiger partial charge < -0.3 is 10.6 Å². The quantitative estimate of drug-likeness (QED) is 0.900. The molecule has 4 nitrogen and oxygen atoms in total. The number of carbonyl (C=O) groups excluding carboxylic acids is 1. The Bertz CT molecular complexity index is 399. The molecule has 0 saturated carbocycles. The van der Waals surface area contributed by atoms with Crippen LogP contribution in [-0.2, 0) is 11.3 Å². The lowest BCUT2D eigenvalue weighted by molar-refractivity contribution is -0.131. The van der Waals surface area contributed by atoms with Gasteiger partial charge in [-0.3, -0.25) is 9.69 Å². The fraction of sp³-hybridized carbons (Fsp3) is 0.500. The molecular formula is C14H22ClN3O. The Labute approximate surface area is 121 Å². The number of rotatable bonds is 4. The Morgan fingerprint density at radius 1 is 1.42 bits per heavy atom. The van der Waals surface area contributed by atoms with Gasteiger partial charge in [0.2, 0.25) is 5.91 Å². The molecule has 2 N–H and O–H groups in total. The second-order valence-electron chi connectivity index (χ2n) is 5.02. The Morgan fingerprint density at radius 2 is 2.11 bits per heavy atom. The fourth-order valence-electron chi connectivity index (χ4n) is 2.26. The molecule has 0 unspecified atom stereocenters. The molecule has 0 aromatic heterocycles. The minimum absolute atomic E-state index is 0. The fourth-order valence-corrected chi connectivity index (χ4v) is 2.26. The molecule has 106 valence electrons. The van der Waals surface area contributed by atoms with Crippen molar-refractivity contribution in [3.8, 4) is 0 Å². The second-order valence-corrected chi connectivity index (χ2v) is 5.02. The van der Waals surface area contributed by atoms with E-state index in [0.29, 0.717) is 13.1 Å². The molecule has 1 aliphatic heterocycles. The van der Waals surface area contributed by atoms with Crippen LogP contribution in [0.4, 0.5) is 0 Å². The van der Waals surface area contributed by atoms with Gasteiger partial charge in [0.1, 0.15) is 0 Å². The third-order valence-electron chi connectivity index (χ3n) is 3.36. The lowest BCUT2D eigenvalue weighted by Gasteiger charge is -2.21. The molecule has 5 heteroatoms. The minimum Gasteiger partial charge on any atom is -0.340 e. The van der Waals surface area contributed by atoms with Crippen LogP contribution < -0.4 is 5.73 Å². The Hall–Kier alpha value is -1.10. The molecule has 1 aromatic rings. The van der Waals surface area contributed by atoms with Gasteiger partial charge >= 0.3 is 0 Å². The average molecular weight is 284 g/mol. The van der Waals surface area contributed by atoms with Crippen LogP contribution in [0.1, 0.15) is 12.0 Å². The molecule has 0 spiro atoms. The Morgan fingerprint density at radius 3 is 2.68 bits per heavy atom. The number of benzene rings is 1. The van der Waals surface area contributed by atoms with Gasteiger partial charge in [-0.1, -0.05) is 30.3 Å². The molecule has 0 aliphatic carbocycles. The number of nitrogens with zero attached hydrogens (tertiary/aromatic N) is 2. The molecular weight excluding hydrogens is 262 g/mol. The summed E-state index contributed by atoms with van der Waals surface area (Å²) >= 11 is 0. The maximum Gasteiger partial charge on any atom is 0.236 e. The summed E-state index contributed by atoms with van der Waals surface area (Å²) in [6.45, 7) is 2.92. The lowest BCUT2D eigenvalue weighted by Crippen LogP contribution is -2.38. The van der Waals surface area contributed by atoms with Gasteiger partial charge in [0.25, 0.3) is 0 Å². The van der Waals surface area contributed by atoms with E-state index in [1.807, 2.05) is 37.4 Å². The topological polar surface area (TPSA) is 49.6 Å². The zero-order valence-corrected chi connectivity index (χ0v) is 12.1. The van der Waals surface area contributed by atoms with Crippen molar-refractivity contribution in [2.45, 2.75) is 19.0 Å². The van der Waals surface area contributed by atoms with E-state index in [0.717, 1.165) is 25.1 Å². The Balaban J connectivity index is 0.00000180. The van der Waals surface area contributed by atoms with Crippen LogP contribution >= 0.6 is 12.4 Å². The summed E-state index contributed by atoms with van der Waals surface area (Å²) in [6.07, 6.45) is 0.996. The third-order valence-corrected chi connectivity index (χ3v) is 3.36. The molecule has 1 heterocycles. The second kappa shape index (κ2) is 7.48. The van der Waals surface area contributed by atoms with Gasteiger partial charge in [0.05, 0.1) is 6.54 Å². The molecule has 1 fully saturated rings. The SMILES string of the molecule is CN(Cc1ccccc1)C(=O)CN1CC[C@H](N)C1.Cl. The van der Waals surface area contributed by atoms with Crippen LogP contribution in [0.3, 0.4) is 0 Å². The maximum atomic E-state index is 12.1. The number of hydrogen-bond donors (Lipinski definition) is 1. The van der Waals surface area contributed by atoms with E-state index in [-0.39, 0.29) is 24.4 Å². The number of hydrogen-bond acceptors (Lipinski definition) is 3. The summed E-state index contributed by atoms with van der Waals surface area (Å²) in [7, 11) is 1.85. The summed E-state index contributed by atoms with van der Waals surface area (Å²) in [5.41, 5.74) is 6.99. The molecule has 19 heavy (non-hydrogen) atoms. The van der Waals surface area contributed by atoms with Gasteiger partial charge in [-0.05, 0) is 12.0 Å². The van der Waals surface area contributed by atoms with Crippen molar-refractivity contribution in [1.29, 1.82) is 0 Å². The summed E-state index contributed by atoms with van der Waals surface area (Å²) in [4.78, 5) is 16.0. The van der Waals surface area contributed by atoms with Crippen LogP contribution in [0.15, 0.2) is 30.3 Å². The molecule has 1 saturated heterocycles. The number of likely N-dealkylation sites (N-methyl/N-ethyl adjacent to an activating group) is 1. The van der Waals surface area contributed by atoms with Crippen molar-refractivity contribution in [1.82, 2.24) is 9.80 Å². The normalized spacial score (nSPS) is 18.9. The van der Waals surface area contributed by atoms with Crippen molar-refractivity contribution in [2.24, 2.45) is 5.73 Å². The zero-order valence-electron chi connectivity index (χ0n) is 11.3. The highest BCUT2D eigenvalue weighted by Gasteiger charge is 2.22. The maximum absolute atomic E-state index is 12.1. The van der Waals surface area contributed by atoms with E-state index in [9.17, 15) is 4.79 Å². The van der Waals surface area contributed by atoms with E-state index >= 15 is 0 Å². The van der Waals surface area contributed by atoms with Crippen LogP contribution in [0.25, 0.3) is 0 Å². The van der Waals surface area contributed by atoms with Crippen molar-refractivity contribution < 1.29 is 4.79 Å². The Kier molecular flexibility index (Phi) is 6.28. The number of halogens is 1. The highest BCUT2D eigenvalue weighted by Crippen LogP contribution is 2.08. The number of likely N-dealkylation sites (tertiary alicyclic amines) is 1. The van der Waals surface area contributed by atoms with Crippen molar-refractivity contribution >= 4 is 18.3 Å². The highest BCUT2D eigenvalue weighted by atomic mass is 35.5. The van der Waals surface area contributed by atoms with Crippen LogP contribution in [0.5, 0.6) is 0 Å². The standard InChI is InChI=1S/C14H21N3O.ClH/c1-16(9-12-5-3-2-4-6-12)14(18)11-17-8-7-13(15)10-17;/h2-6,13H,7-11,15H2,1H3;1H/t13-;/m0./s1. The van der Waals surface area contributed by atoms with E-state index in [1.54, 1.807) is 4.90 Å². The first-order valence-electron chi connectivity index (χ1n) is 6.41. The van der Waals surface area contributed by atoms with E-state index in [1.165, 1.54) is 0 Å². The molecule has 2 rings (SSSR count). The van der Waals surface area contributed by atoms with Crippen LogP contribution in [0, 0.1) is 0 Å². The van der Waals surface area contributed by atoms with Gasteiger partial charge in [-0.2, -0.15) is 0 Å². The van der Waals surface area contributed by atoms with Crippen molar-refractivity contribution in [2.75, 3.05) is 26.7 Å². The molecule has 1 amide bonds. The summed E-state index contributed by atoms with van der Waals surface area (Å²) < 4.78 is 0. The molecule has 0 bridgehead atoms. The summed E-state index contributed by atoms with van der Waals surface area (Å²) in [5, 5.41) is 0. The molecule has 1 aromatic carbocycles. The number of amides is 1. The smallest absolute Gasteiger partial charge is 0.236 e. The zero-order chi connectivity index (χ0) is 13.0. The third kappa shape index (κ3) is 4.82. The number of nitrogens with two attached hydrogens (primary N) is 1. The van der Waals surface area contributed by atoms with Gasteiger partial charge in [0.15, 0.2) is 0 Å². The first kappa shape index (κ1) is 16.0. The number of carbonyl (C=O) groups is 1. The van der Waals surface area contributed by atoms with Crippen LogP contribution in [0.2, 0.25) is 0 Å². The molecule has 0 radical (unpaired) electrons. The van der Waals surface area contributed by atoms with Gasteiger partial charge in [-0.15, -0.1) is 12.4 Å². The molecule has 1 atom stereocenters. The van der Waals surface area contributed by atoms with Crippen LogP contribution in [-0.4, -0.2) is 48.4 Å². The summed E-state index contributed by atoms with van der Waals surface area (Å²) in [5.74, 6) is 0.160. The van der Waals surface area contributed by atoms with Gasteiger partial charge in [-0.25, -0.2) is 0 Å². The average Bonchev–Trinajstić information content (AvgIpc) is 2.76. The summed E-state index contributed by atoms with van der Waals surface area (Å²) in [6, 6.07) is 10.3. The highest BCUT2D eigenvalue weighted by molar-refractivity contribution is 5.85.